The molecule has 0 aromatic heterocycles. The van der Waals surface area contributed by atoms with Crippen molar-refractivity contribution in [2.75, 3.05) is 19.6 Å². The Morgan fingerprint density at radius 3 is 2.18 bits per heavy atom. The van der Waals surface area contributed by atoms with Crippen LogP contribution < -0.4 is 5.32 Å². The fraction of sp³-hybridized carbons (Fsp3) is 0.926. The number of likely N-dealkylation sites (tertiary alicyclic amines) is 1. The van der Waals surface area contributed by atoms with Crippen molar-refractivity contribution in [3.8, 4) is 0 Å². The number of carbonyl (C=O) groups is 2. The first-order valence-corrected chi connectivity index (χ1v) is 16.9. The molecule has 34 heavy (non-hydrogen) atoms. The van der Waals surface area contributed by atoms with Gasteiger partial charge in [-0.25, -0.2) is 4.79 Å². The molecule has 0 aromatic carbocycles. The molecule has 2 amide bonds. The number of carbonyl (C=O) groups excluding carboxylic acids is 2. The number of alkyl carbamates (subject to hydrolysis) is 1. The Bertz CT molecular complexity index is 671. The SMILES string of the molecule is CC(C)(C)OC(=O)NCC1CCCC(C2CCN(C(=O)CC3CCC([Si](C)(C)O)CC3)CC2)C1. The molecule has 3 fully saturated rings. The van der Waals surface area contributed by atoms with Gasteiger partial charge in [0.25, 0.3) is 0 Å². The predicted octanol–water partition coefficient (Wildman–Crippen LogP) is 5.70. The third-order valence-electron chi connectivity index (χ3n) is 8.63. The number of hydrogen-bond donors (Lipinski definition) is 2. The van der Waals surface area contributed by atoms with Gasteiger partial charge >= 0.3 is 6.09 Å². The van der Waals surface area contributed by atoms with Crippen LogP contribution in [-0.4, -0.2) is 55.2 Å². The minimum atomic E-state index is -2.03. The Morgan fingerprint density at radius 2 is 1.59 bits per heavy atom. The average molecular weight is 495 g/mol. The maximum absolute atomic E-state index is 13.0. The summed E-state index contributed by atoms with van der Waals surface area (Å²) in [5.41, 5.74) is 0.0512. The van der Waals surface area contributed by atoms with E-state index in [4.69, 9.17) is 4.74 Å². The fourth-order valence-corrected chi connectivity index (χ4v) is 8.30. The molecule has 2 unspecified atom stereocenters. The summed E-state index contributed by atoms with van der Waals surface area (Å²) >= 11 is 0. The molecule has 2 N–H and O–H groups in total. The normalized spacial score (nSPS) is 29.5. The minimum absolute atomic E-state index is 0.308. The summed E-state index contributed by atoms with van der Waals surface area (Å²) in [6.07, 6.45) is 11.9. The van der Waals surface area contributed by atoms with Gasteiger partial charge in [0, 0.05) is 26.1 Å². The summed E-state index contributed by atoms with van der Waals surface area (Å²) in [6.45, 7) is 12.3. The molecule has 2 saturated carbocycles. The standard InChI is InChI=1S/C27H50N2O4Si/c1-27(2,3)33-26(31)28-19-21-7-6-8-23(17-21)22-13-15-29(16-14-22)25(30)18-20-9-11-24(12-10-20)34(4,5)32/h20-24,32H,6-19H2,1-5H3,(H,28,31). The highest BCUT2D eigenvalue weighted by atomic mass is 28.4. The Morgan fingerprint density at radius 1 is 0.941 bits per heavy atom. The molecular formula is C27H50N2O4Si. The van der Waals surface area contributed by atoms with Gasteiger partial charge in [0.2, 0.25) is 5.91 Å². The van der Waals surface area contributed by atoms with E-state index in [2.05, 4.69) is 23.3 Å². The Balaban J connectivity index is 1.36. The van der Waals surface area contributed by atoms with Crippen LogP contribution in [0, 0.1) is 23.7 Å². The number of hydrogen-bond acceptors (Lipinski definition) is 4. The summed E-state index contributed by atoms with van der Waals surface area (Å²) < 4.78 is 5.38. The maximum Gasteiger partial charge on any atom is 0.407 e. The smallest absolute Gasteiger partial charge is 0.407 e. The highest BCUT2D eigenvalue weighted by Gasteiger charge is 2.36. The fourth-order valence-electron chi connectivity index (χ4n) is 6.56. The van der Waals surface area contributed by atoms with E-state index in [0.717, 1.165) is 57.5 Å². The van der Waals surface area contributed by atoms with Crippen LogP contribution in [0.5, 0.6) is 0 Å². The van der Waals surface area contributed by atoms with E-state index in [1.807, 2.05) is 20.8 Å². The molecular weight excluding hydrogens is 444 g/mol. The van der Waals surface area contributed by atoms with Crippen molar-refractivity contribution < 1.29 is 19.1 Å². The lowest BCUT2D eigenvalue weighted by molar-refractivity contribution is -0.134. The van der Waals surface area contributed by atoms with Crippen LogP contribution in [0.25, 0.3) is 0 Å². The van der Waals surface area contributed by atoms with E-state index in [9.17, 15) is 14.4 Å². The van der Waals surface area contributed by atoms with Gasteiger partial charge in [-0.15, -0.1) is 0 Å². The summed E-state index contributed by atoms with van der Waals surface area (Å²) in [5, 5.41) is 2.98. The second-order valence-electron chi connectivity index (χ2n) is 13.0. The largest absolute Gasteiger partial charge is 0.444 e. The summed E-state index contributed by atoms with van der Waals surface area (Å²) in [4.78, 5) is 37.5. The van der Waals surface area contributed by atoms with Crippen LogP contribution in [0.15, 0.2) is 0 Å². The Kier molecular flexibility index (Phi) is 9.52. The lowest BCUT2D eigenvalue weighted by atomic mass is 9.72. The molecule has 2 atom stereocenters. The molecule has 2 aliphatic carbocycles. The van der Waals surface area contributed by atoms with Gasteiger partial charge in [-0.2, -0.15) is 0 Å². The van der Waals surface area contributed by atoms with Crippen molar-refractivity contribution in [2.45, 2.75) is 116 Å². The molecule has 0 radical (unpaired) electrons. The molecule has 1 saturated heterocycles. The topological polar surface area (TPSA) is 78.9 Å². The predicted molar refractivity (Wildman–Crippen MR) is 139 cm³/mol. The highest BCUT2D eigenvalue weighted by Crippen LogP contribution is 2.41. The molecule has 0 spiro atoms. The van der Waals surface area contributed by atoms with Crippen molar-refractivity contribution in [3.63, 3.8) is 0 Å². The van der Waals surface area contributed by atoms with Crippen molar-refractivity contribution in [2.24, 2.45) is 23.7 Å². The van der Waals surface area contributed by atoms with Crippen LogP contribution in [0.1, 0.15) is 91.4 Å². The first-order valence-electron chi connectivity index (χ1n) is 13.9. The van der Waals surface area contributed by atoms with Crippen LogP contribution in [0.2, 0.25) is 18.6 Å². The zero-order chi connectivity index (χ0) is 24.9. The molecule has 3 rings (SSSR count). The number of nitrogens with one attached hydrogen (secondary N) is 1. The lowest BCUT2D eigenvalue weighted by Crippen LogP contribution is -2.42. The van der Waals surface area contributed by atoms with Crippen LogP contribution >= 0.6 is 0 Å². The molecule has 0 bridgehead atoms. The third kappa shape index (κ3) is 8.54. The third-order valence-corrected chi connectivity index (χ3v) is 11.2. The molecule has 6 nitrogen and oxygen atoms in total. The van der Waals surface area contributed by atoms with Gasteiger partial charge in [0.05, 0.1) is 0 Å². The van der Waals surface area contributed by atoms with Crippen molar-refractivity contribution in [3.05, 3.63) is 0 Å². The van der Waals surface area contributed by atoms with E-state index >= 15 is 0 Å². The van der Waals surface area contributed by atoms with Crippen molar-refractivity contribution in [1.82, 2.24) is 10.2 Å². The Hall–Kier alpha value is -1.08. The number of amides is 2. The Labute approximate surface area is 208 Å². The quantitative estimate of drug-likeness (QED) is 0.464. The van der Waals surface area contributed by atoms with Crippen LogP contribution in [-0.2, 0) is 9.53 Å². The molecule has 3 aliphatic rings. The average Bonchev–Trinajstić information content (AvgIpc) is 2.77. The first kappa shape index (κ1) is 27.5. The second kappa shape index (κ2) is 11.8. The first-order chi connectivity index (χ1) is 15.9. The van der Waals surface area contributed by atoms with Crippen LogP contribution in [0.4, 0.5) is 4.79 Å². The van der Waals surface area contributed by atoms with Crippen molar-refractivity contribution in [1.29, 1.82) is 0 Å². The monoisotopic (exact) mass is 494 g/mol. The van der Waals surface area contributed by atoms with Crippen LogP contribution in [0.3, 0.4) is 0 Å². The zero-order valence-electron chi connectivity index (χ0n) is 22.4. The summed E-state index contributed by atoms with van der Waals surface area (Å²) in [5.74, 6) is 2.83. The highest BCUT2D eigenvalue weighted by molar-refractivity contribution is 6.71. The van der Waals surface area contributed by atoms with Gasteiger partial charge in [0.15, 0.2) is 8.32 Å². The number of nitrogens with zero attached hydrogens (tertiary/aromatic N) is 1. The summed E-state index contributed by atoms with van der Waals surface area (Å²) in [6, 6.07) is 0. The number of piperidine rings is 1. The second-order valence-corrected chi connectivity index (χ2v) is 17.1. The van der Waals surface area contributed by atoms with E-state index in [1.54, 1.807) is 0 Å². The maximum atomic E-state index is 13.0. The molecule has 1 aliphatic heterocycles. The van der Waals surface area contributed by atoms with Gasteiger partial charge in [-0.1, -0.05) is 25.7 Å². The van der Waals surface area contributed by atoms with Gasteiger partial charge in [-0.05, 0) is 102 Å². The van der Waals surface area contributed by atoms with Gasteiger partial charge in [-0.3, -0.25) is 4.79 Å². The van der Waals surface area contributed by atoms with Gasteiger partial charge < -0.3 is 19.7 Å². The van der Waals surface area contributed by atoms with Crippen molar-refractivity contribution >= 4 is 20.3 Å². The molecule has 0 aromatic rings. The molecule has 1 heterocycles. The number of ether oxygens (including phenoxy) is 1. The lowest BCUT2D eigenvalue weighted by Gasteiger charge is -2.40. The summed E-state index contributed by atoms with van der Waals surface area (Å²) in [7, 11) is -2.03. The van der Waals surface area contributed by atoms with E-state index in [-0.39, 0.29) is 6.09 Å². The van der Waals surface area contributed by atoms with E-state index in [0.29, 0.717) is 42.2 Å². The minimum Gasteiger partial charge on any atom is -0.444 e. The molecule has 196 valence electrons. The number of rotatable bonds is 6. The molecule has 7 heteroatoms. The van der Waals surface area contributed by atoms with E-state index < -0.39 is 13.9 Å². The van der Waals surface area contributed by atoms with E-state index in [1.165, 1.54) is 25.7 Å². The zero-order valence-corrected chi connectivity index (χ0v) is 23.4. The van der Waals surface area contributed by atoms with Gasteiger partial charge in [0.1, 0.15) is 5.60 Å².